The number of fused-ring (bicyclic) bond motifs is 2. The Morgan fingerprint density at radius 3 is 2.95 bits per heavy atom. The maximum atomic E-state index is 4.78. The van der Waals surface area contributed by atoms with Gasteiger partial charge in [-0.1, -0.05) is 30.3 Å². The molecule has 21 heavy (non-hydrogen) atoms. The van der Waals surface area contributed by atoms with Crippen LogP contribution in [0.15, 0.2) is 42.5 Å². The first kappa shape index (κ1) is 13.0. The summed E-state index contributed by atoms with van der Waals surface area (Å²) in [5.41, 5.74) is 5.59. The van der Waals surface area contributed by atoms with Crippen LogP contribution in [0.25, 0.3) is 10.2 Å². The molecular formula is C18H18N2S. The van der Waals surface area contributed by atoms with E-state index < -0.39 is 0 Å². The molecule has 1 N–H and O–H groups in total. The molecule has 0 aliphatic heterocycles. The number of hydrogen-bond donors (Lipinski definition) is 1. The van der Waals surface area contributed by atoms with E-state index in [0.717, 1.165) is 11.9 Å². The van der Waals surface area contributed by atoms with Crippen molar-refractivity contribution in [2.45, 2.75) is 25.3 Å². The van der Waals surface area contributed by atoms with Crippen molar-refractivity contribution in [1.82, 2.24) is 10.3 Å². The Hall–Kier alpha value is -1.71. The molecule has 1 aliphatic carbocycles. The molecule has 0 radical (unpaired) electrons. The van der Waals surface area contributed by atoms with Crippen molar-refractivity contribution in [1.29, 1.82) is 0 Å². The molecule has 3 aromatic rings. The van der Waals surface area contributed by atoms with Crippen molar-refractivity contribution in [3.05, 3.63) is 64.2 Å². The Balaban J connectivity index is 1.70. The van der Waals surface area contributed by atoms with E-state index >= 15 is 0 Å². The van der Waals surface area contributed by atoms with Crippen LogP contribution in [-0.4, -0.2) is 12.0 Å². The van der Waals surface area contributed by atoms with Gasteiger partial charge in [0.15, 0.2) is 0 Å². The summed E-state index contributed by atoms with van der Waals surface area (Å²) in [5, 5.41) is 4.64. The van der Waals surface area contributed by atoms with Crippen LogP contribution in [0.3, 0.4) is 0 Å². The van der Waals surface area contributed by atoms with Gasteiger partial charge in [-0.15, -0.1) is 11.3 Å². The standard InChI is InChI=1S/C18H18N2S/c1-19-15-10-9-13-12(5-4-6-14(13)15)11-18-20-16-7-2-3-8-17(16)21-18/h2-8,15,19H,9-11H2,1H3. The Labute approximate surface area is 128 Å². The molecule has 0 saturated carbocycles. The smallest absolute Gasteiger partial charge is 0.0982 e. The molecule has 0 spiro atoms. The number of hydrogen-bond acceptors (Lipinski definition) is 3. The summed E-state index contributed by atoms with van der Waals surface area (Å²) < 4.78 is 1.29. The van der Waals surface area contributed by atoms with E-state index in [1.165, 1.54) is 39.2 Å². The first-order valence-corrected chi connectivity index (χ1v) is 8.29. The number of aromatic nitrogens is 1. The van der Waals surface area contributed by atoms with Gasteiger partial charge in [0.2, 0.25) is 0 Å². The number of para-hydroxylation sites is 1. The van der Waals surface area contributed by atoms with Gasteiger partial charge in [-0.2, -0.15) is 0 Å². The highest BCUT2D eigenvalue weighted by molar-refractivity contribution is 7.18. The molecule has 106 valence electrons. The van der Waals surface area contributed by atoms with Gasteiger partial charge in [0.25, 0.3) is 0 Å². The molecule has 2 nitrogen and oxygen atoms in total. The van der Waals surface area contributed by atoms with E-state index in [1.807, 2.05) is 11.3 Å². The molecule has 2 aromatic carbocycles. The second kappa shape index (κ2) is 5.24. The predicted molar refractivity (Wildman–Crippen MR) is 89.0 cm³/mol. The molecule has 0 amide bonds. The fraction of sp³-hybridized carbons (Fsp3) is 0.278. The maximum Gasteiger partial charge on any atom is 0.0982 e. The van der Waals surface area contributed by atoms with E-state index in [9.17, 15) is 0 Å². The molecular weight excluding hydrogens is 276 g/mol. The van der Waals surface area contributed by atoms with E-state index in [1.54, 1.807) is 0 Å². The second-order valence-electron chi connectivity index (χ2n) is 5.62. The lowest BCUT2D eigenvalue weighted by Gasteiger charge is -2.11. The zero-order valence-electron chi connectivity index (χ0n) is 12.1. The summed E-state index contributed by atoms with van der Waals surface area (Å²) in [7, 11) is 2.06. The average molecular weight is 294 g/mol. The normalized spacial score (nSPS) is 17.3. The summed E-state index contributed by atoms with van der Waals surface area (Å²) in [6, 6.07) is 15.7. The van der Waals surface area contributed by atoms with Crippen LogP contribution >= 0.6 is 11.3 Å². The minimum Gasteiger partial charge on any atom is -0.313 e. The Morgan fingerprint density at radius 2 is 2.10 bits per heavy atom. The first-order valence-electron chi connectivity index (χ1n) is 7.47. The Bertz CT molecular complexity index is 758. The van der Waals surface area contributed by atoms with E-state index in [-0.39, 0.29) is 0 Å². The van der Waals surface area contributed by atoms with Gasteiger partial charge in [0.05, 0.1) is 15.2 Å². The largest absolute Gasteiger partial charge is 0.313 e. The monoisotopic (exact) mass is 294 g/mol. The highest BCUT2D eigenvalue weighted by Gasteiger charge is 2.23. The first-order chi connectivity index (χ1) is 10.3. The lowest BCUT2D eigenvalue weighted by Crippen LogP contribution is -2.12. The predicted octanol–water partition coefficient (Wildman–Crippen LogP) is 4.09. The number of rotatable bonds is 3. The third kappa shape index (κ3) is 2.27. The van der Waals surface area contributed by atoms with Crippen molar-refractivity contribution in [3.8, 4) is 0 Å². The zero-order chi connectivity index (χ0) is 14.2. The molecule has 1 heterocycles. The van der Waals surface area contributed by atoms with Crippen molar-refractivity contribution in [2.75, 3.05) is 7.05 Å². The van der Waals surface area contributed by atoms with Crippen molar-refractivity contribution >= 4 is 21.6 Å². The van der Waals surface area contributed by atoms with Gasteiger partial charge in [0.1, 0.15) is 0 Å². The topological polar surface area (TPSA) is 24.9 Å². The maximum absolute atomic E-state index is 4.78. The summed E-state index contributed by atoms with van der Waals surface area (Å²) >= 11 is 1.82. The molecule has 1 atom stereocenters. The molecule has 0 bridgehead atoms. The fourth-order valence-corrected chi connectivity index (χ4v) is 4.34. The van der Waals surface area contributed by atoms with Crippen LogP contribution in [0.1, 0.15) is 34.2 Å². The second-order valence-corrected chi connectivity index (χ2v) is 6.73. The van der Waals surface area contributed by atoms with Gasteiger partial charge < -0.3 is 5.32 Å². The van der Waals surface area contributed by atoms with Crippen molar-refractivity contribution in [2.24, 2.45) is 0 Å². The summed E-state index contributed by atoms with van der Waals surface area (Å²) in [5.74, 6) is 0. The summed E-state index contributed by atoms with van der Waals surface area (Å²) in [4.78, 5) is 4.78. The van der Waals surface area contributed by atoms with Crippen LogP contribution in [-0.2, 0) is 12.8 Å². The number of nitrogens with one attached hydrogen (secondary N) is 1. The highest BCUT2D eigenvalue weighted by atomic mass is 32.1. The average Bonchev–Trinajstić information content (AvgIpc) is 3.10. The van der Waals surface area contributed by atoms with E-state index in [2.05, 4.69) is 54.8 Å². The lowest BCUT2D eigenvalue weighted by atomic mass is 10.0. The van der Waals surface area contributed by atoms with Crippen LogP contribution in [0.2, 0.25) is 0 Å². The fourth-order valence-electron chi connectivity index (χ4n) is 3.35. The van der Waals surface area contributed by atoms with E-state index in [0.29, 0.717) is 6.04 Å². The molecule has 1 unspecified atom stereocenters. The van der Waals surface area contributed by atoms with Crippen molar-refractivity contribution < 1.29 is 0 Å². The number of benzene rings is 2. The summed E-state index contributed by atoms with van der Waals surface area (Å²) in [6.45, 7) is 0. The van der Waals surface area contributed by atoms with Crippen molar-refractivity contribution in [3.63, 3.8) is 0 Å². The van der Waals surface area contributed by atoms with Crippen LogP contribution in [0.5, 0.6) is 0 Å². The van der Waals surface area contributed by atoms with Gasteiger partial charge >= 0.3 is 0 Å². The molecule has 1 aliphatic rings. The summed E-state index contributed by atoms with van der Waals surface area (Å²) in [6.07, 6.45) is 3.35. The number of thiazole rings is 1. The lowest BCUT2D eigenvalue weighted by molar-refractivity contribution is 0.590. The van der Waals surface area contributed by atoms with Crippen LogP contribution in [0.4, 0.5) is 0 Å². The number of nitrogens with zero attached hydrogens (tertiary/aromatic N) is 1. The minimum absolute atomic E-state index is 0.523. The van der Waals surface area contributed by atoms with Gasteiger partial charge in [-0.25, -0.2) is 4.98 Å². The van der Waals surface area contributed by atoms with E-state index in [4.69, 9.17) is 4.98 Å². The minimum atomic E-state index is 0.523. The molecule has 0 fully saturated rings. The third-order valence-corrected chi connectivity index (χ3v) is 5.43. The van der Waals surface area contributed by atoms with Gasteiger partial charge in [-0.3, -0.25) is 0 Å². The zero-order valence-corrected chi connectivity index (χ0v) is 12.9. The third-order valence-electron chi connectivity index (χ3n) is 4.40. The molecule has 3 heteroatoms. The van der Waals surface area contributed by atoms with Crippen LogP contribution in [0, 0.1) is 0 Å². The Morgan fingerprint density at radius 1 is 1.19 bits per heavy atom. The molecule has 0 saturated heterocycles. The molecule has 1 aromatic heterocycles. The quantitative estimate of drug-likeness (QED) is 0.787. The highest BCUT2D eigenvalue weighted by Crippen LogP contribution is 2.34. The van der Waals surface area contributed by atoms with Crippen LogP contribution < -0.4 is 5.32 Å². The van der Waals surface area contributed by atoms with Gasteiger partial charge in [0, 0.05) is 12.5 Å². The SMILES string of the molecule is CNC1CCc2c(Cc3nc4ccccc4s3)cccc21. The van der Waals surface area contributed by atoms with Gasteiger partial charge in [-0.05, 0) is 48.7 Å². The molecule has 4 rings (SSSR count). The Kier molecular flexibility index (Phi) is 3.24.